The molecule has 96 valence electrons. The van der Waals surface area contributed by atoms with Crippen LogP contribution in [0.25, 0.3) is 0 Å². The fraction of sp³-hybridized carbons (Fsp3) is 0.200. The van der Waals surface area contributed by atoms with Gasteiger partial charge in [0.15, 0.2) is 9.34 Å². The Kier molecular flexibility index (Phi) is 3.22. The Hall–Kier alpha value is -1.67. The monoisotopic (exact) mass is 284 g/mol. The van der Waals surface area contributed by atoms with Gasteiger partial charge in [-0.25, -0.2) is 13.4 Å². The standard InChI is InChI=1S/C10H12N4O2S2/c1-6-3-4-12-5-8(6)14-18(15,16)9-7(2)13-10(11)17-9/h3-5,14H,1-2H3,(H2,11,13). The van der Waals surface area contributed by atoms with Gasteiger partial charge in [0.25, 0.3) is 10.0 Å². The first-order valence-electron chi connectivity index (χ1n) is 5.06. The lowest BCUT2D eigenvalue weighted by Crippen LogP contribution is -2.13. The minimum atomic E-state index is -3.66. The molecule has 3 N–H and O–H groups in total. The van der Waals surface area contributed by atoms with Crippen LogP contribution in [-0.2, 0) is 10.0 Å². The smallest absolute Gasteiger partial charge is 0.273 e. The summed E-state index contributed by atoms with van der Waals surface area (Å²) in [6, 6.07) is 1.73. The normalized spacial score (nSPS) is 11.4. The molecule has 0 bridgehead atoms. The Morgan fingerprint density at radius 1 is 1.39 bits per heavy atom. The van der Waals surface area contributed by atoms with Gasteiger partial charge < -0.3 is 5.73 Å². The number of nitrogens with zero attached hydrogens (tertiary/aromatic N) is 2. The highest BCUT2D eigenvalue weighted by Gasteiger charge is 2.21. The quantitative estimate of drug-likeness (QED) is 0.890. The minimum absolute atomic E-state index is 0.128. The lowest BCUT2D eigenvalue weighted by molar-refractivity contribution is 0.602. The summed E-state index contributed by atoms with van der Waals surface area (Å²) in [5.74, 6) is 0. The van der Waals surface area contributed by atoms with Crippen molar-refractivity contribution in [2.75, 3.05) is 10.5 Å². The molecule has 0 aliphatic heterocycles. The zero-order valence-electron chi connectivity index (χ0n) is 9.84. The number of hydrogen-bond acceptors (Lipinski definition) is 6. The number of aromatic nitrogens is 2. The number of pyridine rings is 1. The number of nitrogens with two attached hydrogens (primary N) is 1. The summed E-state index contributed by atoms with van der Waals surface area (Å²) < 4.78 is 26.9. The summed E-state index contributed by atoms with van der Waals surface area (Å²) in [6.07, 6.45) is 3.07. The molecule has 6 nitrogen and oxygen atoms in total. The van der Waals surface area contributed by atoms with E-state index in [2.05, 4.69) is 14.7 Å². The largest absolute Gasteiger partial charge is 0.375 e. The summed E-state index contributed by atoms with van der Waals surface area (Å²) >= 11 is 0.942. The molecule has 0 spiro atoms. The summed E-state index contributed by atoms with van der Waals surface area (Å²) in [4.78, 5) is 7.79. The lowest BCUT2D eigenvalue weighted by atomic mass is 10.3. The van der Waals surface area contributed by atoms with Crippen molar-refractivity contribution in [1.82, 2.24) is 9.97 Å². The maximum atomic E-state index is 12.2. The molecule has 2 rings (SSSR count). The van der Waals surface area contributed by atoms with Crippen LogP contribution in [0.3, 0.4) is 0 Å². The van der Waals surface area contributed by atoms with E-state index in [1.165, 1.54) is 6.20 Å². The Bertz CT molecular complexity index is 679. The fourth-order valence-electron chi connectivity index (χ4n) is 1.41. The molecule has 2 aromatic rings. The second kappa shape index (κ2) is 4.54. The topological polar surface area (TPSA) is 98.0 Å². The maximum absolute atomic E-state index is 12.2. The predicted octanol–water partition coefficient (Wildman–Crippen LogP) is 1.54. The van der Waals surface area contributed by atoms with Gasteiger partial charge in [0.1, 0.15) is 0 Å². The summed E-state index contributed by atoms with van der Waals surface area (Å²) in [6.45, 7) is 3.41. The van der Waals surface area contributed by atoms with E-state index in [9.17, 15) is 8.42 Å². The van der Waals surface area contributed by atoms with Crippen LogP contribution >= 0.6 is 11.3 Å². The van der Waals surface area contributed by atoms with Gasteiger partial charge >= 0.3 is 0 Å². The zero-order chi connectivity index (χ0) is 13.3. The molecule has 0 aliphatic carbocycles. The molecule has 0 amide bonds. The average Bonchev–Trinajstić information content (AvgIpc) is 2.62. The van der Waals surface area contributed by atoms with Crippen LogP contribution in [0.4, 0.5) is 10.8 Å². The third-order valence-electron chi connectivity index (χ3n) is 2.30. The highest BCUT2D eigenvalue weighted by molar-refractivity contribution is 7.94. The average molecular weight is 284 g/mol. The van der Waals surface area contributed by atoms with E-state index in [-0.39, 0.29) is 9.34 Å². The van der Waals surface area contributed by atoms with Crippen LogP contribution in [0.5, 0.6) is 0 Å². The predicted molar refractivity (Wildman–Crippen MR) is 71.0 cm³/mol. The van der Waals surface area contributed by atoms with E-state index in [0.29, 0.717) is 11.4 Å². The molecule has 8 heteroatoms. The molecular weight excluding hydrogens is 272 g/mol. The van der Waals surface area contributed by atoms with Gasteiger partial charge in [-0.05, 0) is 25.5 Å². The molecular formula is C10H12N4O2S2. The van der Waals surface area contributed by atoms with Gasteiger partial charge in [-0.1, -0.05) is 11.3 Å². The first-order chi connectivity index (χ1) is 8.40. The number of nitrogen functional groups attached to an aromatic ring is 1. The number of hydrogen-bond donors (Lipinski definition) is 2. The van der Waals surface area contributed by atoms with Gasteiger partial charge in [-0.15, -0.1) is 0 Å². The minimum Gasteiger partial charge on any atom is -0.375 e. The van der Waals surface area contributed by atoms with Crippen molar-refractivity contribution in [2.45, 2.75) is 18.1 Å². The molecule has 2 heterocycles. The summed E-state index contributed by atoms with van der Waals surface area (Å²) in [5, 5.41) is 0.232. The molecule has 0 saturated carbocycles. The Labute approximate surface area is 109 Å². The first-order valence-corrected chi connectivity index (χ1v) is 7.36. The number of sulfonamides is 1. The highest BCUT2D eigenvalue weighted by Crippen LogP contribution is 2.27. The SMILES string of the molecule is Cc1ccncc1NS(=O)(=O)c1sc(N)nc1C. The van der Waals surface area contributed by atoms with E-state index in [4.69, 9.17) is 5.73 Å². The second-order valence-electron chi connectivity index (χ2n) is 3.72. The molecule has 0 atom stereocenters. The number of thiazole rings is 1. The van der Waals surface area contributed by atoms with Crippen molar-refractivity contribution in [2.24, 2.45) is 0 Å². The lowest BCUT2D eigenvalue weighted by Gasteiger charge is -2.08. The van der Waals surface area contributed by atoms with Crippen molar-refractivity contribution < 1.29 is 8.42 Å². The van der Waals surface area contributed by atoms with Crippen molar-refractivity contribution in [3.63, 3.8) is 0 Å². The first kappa shape index (κ1) is 12.8. The van der Waals surface area contributed by atoms with Crippen LogP contribution in [0, 0.1) is 13.8 Å². The van der Waals surface area contributed by atoms with E-state index < -0.39 is 10.0 Å². The summed E-state index contributed by atoms with van der Waals surface area (Å²) in [7, 11) is -3.66. The molecule has 0 aromatic carbocycles. The molecule has 0 saturated heterocycles. The van der Waals surface area contributed by atoms with Gasteiger partial charge in [0, 0.05) is 6.20 Å². The van der Waals surface area contributed by atoms with Crippen molar-refractivity contribution in [3.8, 4) is 0 Å². The van der Waals surface area contributed by atoms with Crippen LogP contribution < -0.4 is 10.5 Å². The third-order valence-corrected chi connectivity index (χ3v) is 5.26. The van der Waals surface area contributed by atoms with Crippen LogP contribution in [-0.4, -0.2) is 18.4 Å². The van der Waals surface area contributed by atoms with E-state index in [0.717, 1.165) is 16.9 Å². The maximum Gasteiger partial charge on any atom is 0.273 e. The third kappa shape index (κ3) is 2.44. The fourth-order valence-corrected chi connectivity index (χ4v) is 3.83. The highest BCUT2D eigenvalue weighted by atomic mass is 32.2. The van der Waals surface area contributed by atoms with Crippen molar-refractivity contribution in [3.05, 3.63) is 29.7 Å². The molecule has 18 heavy (non-hydrogen) atoms. The Morgan fingerprint density at radius 3 is 2.67 bits per heavy atom. The van der Waals surface area contributed by atoms with Crippen LogP contribution in [0.1, 0.15) is 11.3 Å². The zero-order valence-corrected chi connectivity index (χ0v) is 11.5. The molecule has 0 fully saturated rings. The molecule has 2 aromatic heterocycles. The van der Waals surface area contributed by atoms with E-state index in [1.807, 2.05) is 0 Å². The van der Waals surface area contributed by atoms with Gasteiger partial charge in [-0.3, -0.25) is 9.71 Å². The summed E-state index contributed by atoms with van der Waals surface area (Å²) in [5.41, 5.74) is 7.14. The van der Waals surface area contributed by atoms with Crippen LogP contribution in [0.15, 0.2) is 22.7 Å². The Morgan fingerprint density at radius 2 is 2.11 bits per heavy atom. The number of anilines is 2. The molecule has 0 aliphatic rings. The van der Waals surface area contributed by atoms with E-state index in [1.54, 1.807) is 26.1 Å². The second-order valence-corrected chi connectivity index (χ2v) is 6.63. The van der Waals surface area contributed by atoms with Crippen molar-refractivity contribution in [1.29, 1.82) is 0 Å². The van der Waals surface area contributed by atoms with Crippen LogP contribution in [0.2, 0.25) is 0 Å². The Balaban J connectivity index is 2.40. The molecule has 0 radical (unpaired) electrons. The van der Waals surface area contributed by atoms with Gasteiger partial charge in [-0.2, -0.15) is 0 Å². The van der Waals surface area contributed by atoms with Gasteiger partial charge in [0.05, 0.1) is 17.6 Å². The molecule has 0 unspecified atom stereocenters. The van der Waals surface area contributed by atoms with E-state index >= 15 is 0 Å². The number of nitrogens with one attached hydrogen (secondary N) is 1. The number of rotatable bonds is 3. The van der Waals surface area contributed by atoms with Crippen molar-refractivity contribution >= 4 is 32.2 Å². The van der Waals surface area contributed by atoms with Gasteiger partial charge in [0.2, 0.25) is 0 Å². The number of aryl methyl sites for hydroxylation is 2.